The molecule has 0 atom stereocenters. The van der Waals surface area contributed by atoms with Crippen LogP contribution < -0.4 is 15.5 Å². The van der Waals surface area contributed by atoms with Gasteiger partial charge in [0, 0.05) is 37.8 Å². The molecule has 3 N–H and O–H groups in total. The van der Waals surface area contributed by atoms with E-state index in [4.69, 9.17) is 0 Å². The van der Waals surface area contributed by atoms with Crippen molar-refractivity contribution in [2.45, 2.75) is 0 Å². The lowest BCUT2D eigenvalue weighted by Gasteiger charge is -2.30. The van der Waals surface area contributed by atoms with Gasteiger partial charge in [-0.15, -0.1) is 10.2 Å². The summed E-state index contributed by atoms with van der Waals surface area (Å²) < 4.78 is 0. The molecule has 1 fully saturated rings. The smallest absolute Gasteiger partial charge is 0.286 e. The molecule has 1 aromatic carbocycles. The highest BCUT2D eigenvalue weighted by molar-refractivity contribution is 7.16. The summed E-state index contributed by atoms with van der Waals surface area (Å²) in [4.78, 5) is 19.2. The van der Waals surface area contributed by atoms with Gasteiger partial charge in [-0.2, -0.15) is 5.10 Å². The summed E-state index contributed by atoms with van der Waals surface area (Å²) in [6.45, 7) is 3.57. The minimum absolute atomic E-state index is 0.280. The first-order chi connectivity index (χ1) is 14.3. The molecular formula is C19H18N8OS. The largest absolute Gasteiger partial charge is 0.367 e. The fourth-order valence-corrected chi connectivity index (χ4v) is 4.12. The highest BCUT2D eigenvalue weighted by Crippen LogP contribution is 2.30. The monoisotopic (exact) mass is 406 g/mol. The van der Waals surface area contributed by atoms with Crippen LogP contribution in [-0.2, 0) is 0 Å². The van der Waals surface area contributed by atoms with Crippen molar-refractivity contribution in [3.8, 4) is 10.7 Å². The molecule has 146 valence electrons. The normalized spacial score (nSPS) is 14.3. The molecular weight excluding hydrogens is 388 g/mol. The number of nitrogens with zero attached hydrogens (tertiary/aromatic N) is 5. The quantitative estimate of drug-likeness (QED) is 0.476. The van der Waals surface area contributed by atoms with Crippen LogP contribution in [0.5, 0.6) is 0 Å². The Hall–Kier alpha value is -3.37. The van der Waals surface area contributed by atoms with Crippen LogP contribution in [-0.4, -0.2) is 57.5 Å². The fourth-order valence-electron chi connectivity index (χ4n) is 3.38. The van der Waals surface area contributed by atoms with E-state index >= 15 is 0 Å². The van der Waals surface area contributed by atoms with Gasteiger partial charge in [-0.05, 0) is 12.1 Å². The van der Waals surface area contributed by atoms with Crippen LogP contribution in [0.3, 0.4) is 0 Å². The number of aromatic amines is 1. The van der Waals surface area contributed by atoms with Crippen molar-refractivity contribution in [2.24, 2.45) is 0 Å². The molecule has 0 unspecified atom stereocenters. The van der Waals surface area contributed by atoms with E-state index in [0.29, 0.717) is 16.4 Å². The molecule has 1 saturated heterocycles. The van der Waals surface area contributed by atoms with E-state index in [1.807, 2.05) is 30.3 Å². The van der Waals surface area contributed by atoms with Gasteiger partial charge in [-0.25, -0.2) is 0 Å². The zero-order valence-electron chi connectivity index (χ0n) is 15.4. The maximum atomic E-state index is 12.8. The van der Waals surface area contributed by atoms with Crippen molar-refractivity contribution in [3.63, 3.8) is 0 Å². The Bertz CT molecular complexity index is 1160. The van der Waals surface area contributed by atoms with Gasteiger partial charge in [0.25, 0.3) is 5.91 Å². The first-order valence-electron chi connectivity index (χ1n) is 9.27. The summed E-state index contributed by atoms with van der Waals surface area (Å²) >= 11 is 1.21. The summed E-state index contributed by atoms with van der Waals surface area (Å²) in [6.07, 6.45) is 3.40. The van der Waals surface area contributed by atoms with Gasteiger partial charge in [0.1, 0.15) is 5.69 Å². The van der Waals surface area contributed by atoms with Crippen molar-refractivity contribution in [2.75, 3.05) is 36.4 Å². The van der Waals surface area contributed by atoms with Crippen LogP contribution in [0, 0.1) is 0 Å². The first kappa shape index (κ1) is 17.7. The number of H-pyrrole nitrogens is 1. The van der Waals surface area contributed by atoms with Gasteiger partial charge in [0.05, 0.1) is 23.1 Å². The number of nitrogens with one attached hydrogen (secondary N) is 3. The van der Waals surface area contributed by atoms with Crippen LogP contribution in [0.2, 0.25) is 0 Å². The molecule has 9 nitrogen and oxygen atoms in total. The number of pyridine rings is 1. The van der Waals surface area contributed by atoms with Crippen LogP contribution in [0.15, 0.2) is 42.7 Å². The number of para-hydroxylation sites is 1. The van der Waals surface area contributed by atoms with Gasteiger partial charge in [-0.3, -0.25) is 14.9 Å². The van der Waals surface area contributed by atoms with Crippen LogP contribution in [0.1, 0.15) is 9.80 Å². The van der Waals surface area contributed by atoms with Crippen molar-refractivity contribution in [3.05, 3.63) is 47.7 Å². The van der Waals surface area contributed by atoms with Crippen molar-refractivity contribution < 1.29 is 4.79 Å². The number of amides is 1. The van der Waals surface area contributed by atoms with E-state index in [1.54, 1.807) is 12.4 Å². The number of rotatable bonds is 4. The maximum absolute atomic E-state index is 12.8. The standard InChI is InChI=1S/C19H18N8OS/c28-17(22-14-11-21-6-5-15(14)27-9-7-20-8-10-27)19-26-25-18(29-19)16-12-3-1-2-4-13(12)23-24-16/h1-6,11,20H,7-10H2,(H,22,28)(H,23,24). The highest BCUT2D eigenvalue weighted by atomic mass is 32.1. The molecule has 0 bridgehead atoms. The molecule has 0 saturated carbocycles. The number of benzene rings is 1. The Balaban J connectivity index is 1.39. The molecule has 5 rings (SSSR count). The number of hydrogen-bond acceptors (Lipinski definition) is 8. The Morgan fingerprint density at radius 2 is 2.00 bits per heavy atom. The topological polar surface area (TPSA) is 112 Å². The average molecular weight is 406 g/mol. The van der Waals surface area contributed by atoms with Crippen molar-refractivity contribution in [1.29, 1.82) is 0 Å². The third-order valence-corrected chi connectivity index (χ3v) is 5.72. The molecule has 1 aliphatic heterocycles. The second-order valence-electron chi connectivity index (χ2n) is 6.61. The lowest BCUT2D eigenvalue weighted by molar-refractivity contribution is 0.102. The fraction of sp³-hybridized carbons (Fsp3) is 0.211. The maximum Gasteiger partial charge on any atom is 0.286 e. The summed E-state index contributed by atoms with van der Waals surface area (Å²) in [5.41, 5.74) is 3.24. The number of fused-ring (bicyclic) bond motifs is 1. The second kappa shape index (κ2) is 7.57. The predicted octanol–water partition coefficient (Wildman–Crippen LogP) is 2.14. The minimum atomic E-state index is -0.307. The molecule has 4 heterocycles. The van der Waals surface area contributed by atoms with Gasteiger partial charge in [-0.1, -0.05) is 29.5 Å². The lowest BCUT2D eigenvalue weighted by Crippen LogP contribution is -2.43. The van der Waals surface area contributed by atoms with Gasteiger partial charge in [0.2, 0.25) is 5.01 Å². The van der Waals surface area contributed by atoms with E-state index in [-0.39, 0.29) is 10.9 Å². The summed E-state index contributed by atoms with van der Waals surface area (Å²) in [5.74, 6) is -0.307. The number of hydrogen-bond donors (Lipinski definition) is 3. The van der Waals surface area contributed by atoms with E-state index < -0.39 is 0 Å². The number of aromatic nitrogens is 5. The molecule has 1 aliphatic rings. The third kappa shape index (κ3) is 3.43. The molecule has 3 aromatic heterocycles. The Labute approximate surface area is 170 Å². The molecule has 0 radical (unpaired) electrons. The highest BCUT2D eigenvalue weighted by Gasteiger charge is 2.20. The summed E-state index contributed by atoms with van der Waals surface area (Å²) in [6, 6.07) is 9.71. The molecule has 4 aromatic rings. The van der Waals surface area contributed by atoms with E-state index in [2.05, 4.69) is 40.9 Å². The van der Waals surface area contributed by atoms with E-state index in [9.17, 15) is 4.79 Å². The third-order valence-electron chi connectivity index (χ3n) is 4.80. The van der Waals surface area contributed by atoms with E-state index in [1.165, 1.54) is 11.3 Å². The molecule has 0 aliphatic carbocycles. The van der Waals surface area contributed by atoms with Crippen LogP contribution in [0.4, 0.5) is 11.4 Å². The SMILES string of the molecule is O=C(Nc1cnccc1N1CCNCC1)c1nnc(-c2n[nH]c3ccccc23)s1. The van der Waals surface area contributed by atoms with Gasteiger partial charge >= 0.3 is 0 Å². The first-order valence-corrected chi connectivity index (χ1v) is 10.1. The van der Waals surface area contributed by atoms with Gasteiger partial charge < -0.3 is 15.5 Å². The Morgan fingerprint density at radius 3 is 2.90 bits per heavy atom. The van der Waals surface area contributed by atoms with Crippen LogP contribution in [0.25, 0.3) is 21.6 Å². The molecule has 29 heavy (non-hydrogen) atoms. The minimum Gasteiger partial charge on any atom is -0.367 e. The lowest BCUT2D eigenvalue weighted by atomic mass is 10.2. The molecule has 1 amide bonds. The van der Waals surface area contributed by atoms with E-state index in [0.717, 1.165) is 42.8 Å². The number of piperazine rings is 1. The zero-order valence-corrected chi connectivity index (χ0v) is 16.2. The summed E-state index contributed by atoms with van der Waals surface area (Å²) in [5, 5.41) is 23.6. The number of carbonyl (C=O) groups is 1. The summed E-state index contributed by atoms with van der Waals surface area (Å²) in [7, 11) is 0. The number of anilines is 2. The second-order valence-corrected chi connectivity index (χ2v) is 7.59. The number of carbonyl (C=O) groups excluding carboxylic acids is 1. The average Bonchev–Trinajstić information content (AvgIpc) is 3.42. The zero-order chi connectivity index (χ0) is 19.6. The van der Waals surface area contributed by atoms with Crippen LogP contribution >= 0.6 is 11.3 Å². The van der Waals surface area contributed by atoms with Crippen molar-refractivity contribution in [1.82, 2.24) is 30.7 Å². The van der Waals surface area contributed by atoms with Gasteiger partial charge in [0.15, 0.2) is 5.01 Å². The Morgan fingerprint density at radius 1 is 1.14 bits per heavy atom. The predicted molar refractivity (Wildman–Crippen MR) is 112 cm³/mol. The Kier molecular flexibility index (Phi) is 4.62. The molecule has 10 heteroatoms. The molecule has 0 spiro atoms. The van der Waals surface area contributed by atoms with Crippen molar-refractivity contribution >= 4 is 39.5 Å².